The Morgan fingerprint density at radius 2 is 2.38 bits per heavy atom. The predicted molar refractivity (Wildman–Crippen MR) is 69.1 cm³/mol. The van der Waals surface area contributed by atoms with Gasteiger partial charge in [0.15, 0.2) is 0 Å². The normalized spacial score (nSPS) is 28.5. The average molecular weight is 303 g/mol. The minimum absolute atomic E-state index is 0.529. The number of aromatic nitrogens is 1. The van der Waals surface area contributed by atoms with Crippen LogP contribution in [0.25, 0.3) is 0 Å². The first-order valence-electron chi connectivity index (χ1n) is 5.52. The summed E-state index contributed by atoms with van der Waals surface area (Å²) in [6.07, 6.45) is 3.18. The Morgan fingerprint density at radius 1 is 1.50 bits per heavy atom. The monoisotopic (exact) mass is 301 g/mol. The molecule has 0 radical (unpaired) electrons. The molecule has 0 aliphatic carbocycles. The van der Waals surface area contributed by atoms with Gasteiger partial charge in [-0.2, -0.15) is 0 Å². The maximum Gasteiger partial charge on any atom is 0.143 e. The first kappa shape index (κ1) is 10.8. The number of nitrogens with zero attached hydrogens (tertiary/aromatic N) is 2. The molecule has 0 saturated carbocycles. The van der Waals surface area contributed by atoms with Crippen LogP contribution in [0.3, 0.4) is 0 Å². The van der Waals surface area contributed by atoms with Gasteiger partial charge in [0.25, 0.3) is 0 Å². The predicted octanol–water partition coefficient (Wildman–Crippen LogP) is 2.30. The van der Waals surface area contributed by atoms with Crippen LogP contribution in [-0.2, 0) is 0 Å². The summed E-state index contributed by atoms with van der Waals surface area (Å²) in [4.78, 5) is 6.58. The second kappa shape index (κ2) is 4.17. The Labute approximate surface area is 108 Å². The molecule has 3 heterocycles. The number of rotatable bonds is 1. The summed E-state index contributed by atoms with van der Waals surface area (Å²) in [5.41, 5.74) is 1.16. The van der Waals surface area contributed by atoms with E-state index < -0.39 is 0 Å². The molecule has 1 aromatic rings. The molecule has 2 aliphatic rings. The Kier molecular flexibility index (Phi) is 2.81. The number of anilines is 1. The Balaban J connectivity index is 1.84. The average Bonchev–Trinajstić information content (AvgIpc) is 2.62. The van der Waals surface area contributed by atoms with Crippen molar-refractivity contribution in [2.45, 2.75) is 12.5 Å². The van der Waals surface area contributed by atoms with E-state index in [1.165, 1.54) is 6.42 Å². The lowest BCUT2D eigenvalue weighted by molar-refractivity contribution is 0.474. The number of piperidine rings is 1. The molecule has 86 valence electrons. The SMILES string of the molecule is Clc1ncc(N2C[C@H]3CN[C@H](C3)C2)cc1Br. The summed E-state index contributed by atoms with van der Waals surface area (Å²) < 4.78 is 0.873. The zero-order chi connectivity index (χ0) is 11.1. The quantitative estimate of drug-likeness (QED) is 0.807. The van der Waals surface area contributed by atoms with Gasteiger partial charge < -0.3 is 10.2 Å². The van der Waals surface area contributed by atoms with E-state index in [1.807, 2.05) is 6.20 Å². The summed E-state index contributed by atoms with van der Waals surface area (Å²) in [6.45, 7) is 3.36. The van der Waals surface area contributed by atoms with Gasteiger partial charge in [-0.15, -0.1) is 0 Å². The van der Waals surface area contributed by atoms with Crippen molar-refractivity contribution in [2.75, 3.05) is 24.5 Å². The highest BCUT2D eigenvalue weighted by molar-refractivity contribution is 9.10. The van der Waals surface area contributed by atoms with Crippen LogP contribution in [0.4, 0.5) is 5.69 Å². The van der Waals surface area contributed by atoms with E-state index in [1.54, 1.807) is 0 Å². The fraction of sp³-hybridized carbons (Fsp3) is 0.545. The topological polar surface area (TPSA) is 28.2 Å². The van der Waals surface area contributed by atoms with Crippen molar-refractivity contribution >= 4 is 33.2 Å². The van der Waals surface area contributed by atoms with Crippen molar-refractivity contribution < 1.29 is 0 Å². The second-order valence-electron chi connectivity index (χ2n) is 4.58. The van der Waals surface area contributed by atoms with Crippen molar-refractivity contribution in [3.8, 4) is 0 Å². The Hall–Kier alpha value is -0.320. The van der Waals surface area contributed by atoms with Gasteiger partial charge in [-0.3, -0.25) is 0 Å². The van der Waals surface area contributed by atoms with Crippen molar-refractivity contribution in [1.29, 1.82) is 0 Å². The number of hydrogen-bond donors (Lipinski definition) is 1. The molecular weight excluding hydrogens is 289 g/mol. The van der Waals surface area contributed by atoms with Crippen LogP contribution in [-0.4, -0.2) is 30.7 Å². The smallest absolute Gasteiger partial charge is 0.143 e. The van der Waals surface area contributed by atoms with Crippen LogP contribution in [0.5, 0.6) is 0 Å². The van der Waals surface area contributed by atoms with Crippen molar-refractivity contribution in [1.82, 2.24) is 10.3 Å². The molecule has 0 amide bonds. The van der Waals surface area contributed by atoms with Gasteiger partial charge in [-0.1, -0.05) is 11.6 Å². The summed E-state index contributed by atoms with van der Waals surface area (Å²) in [5.74, 6) is 0.785. The van der Waals surface area contributed by atoms with Crippen molar-refractivity contribution in [2.24, 2.45) is 5.92 Å². The number of nitrogens with one attached hydrogen (secondary N) is 1. The molecular formula is C11H13BrClN3. The number of hydrogen-bond acceptors (Lipinski definition) is 3. The standard InChI is InChI=1S/C11H13BrClN3/c12-10-2-9(4-15-11(10)13)16-5-7-1-8(6-16)14-3-7/h2,4,7-8,14H,1,3,5-6H2/t7-,8-/m1/s1. The Bertz CT molecular complexity index is 400. The number of halogens is 2. The van der Waals surface area contributed by atoms with E-state index in [0.29, 0.717) is 11.2 Å². The molecule has 2 bridgehead atoms. The fourth-order valence-electron chi connectivity index (χ4n) is 2.63. The third-order valence-electron chi connectivity index (χ3n) is 3.38. The first-order chi connectivity index (χ1) is 7.72. The van der Waals surface area contributed by atoms with Crippen LogP contribution in [0, 0.1) is 5.92 Å². The maximum atomic E-state index is 5.90. The molecule has 0 aromatic carbocycles. The van der Waals surface area contributed by atoms with Crippen LogP contribution in [0.15, 0.2) is 16.7 Å². The van der Waals surface area contributed by atoms with Crippen molar-refractivity contribution in [3.63, 3.8) is 0 Å². The number of fused-ring (bicyclic) bond motifs is 2. The third kappa shape index (κ3) is 1.94. The summed E-state index contributed by atoms with van der Waals surface area (Å²) >= 11 is 9.32. The molecule has 2 aliphatic heterocycles. The summed E-state index contributed by atoms with van der Waals surface area (Å²) in [7, 11) is 0. The Morgan fingerprint density at radius 3 is 3.12 bits per heavy atom. The van der Waals surface area contributed by atoms with Crippen LogP contribution < -0.4 is 10.2 Å². The largest absolute Gasteiger partial charge is 0.368 e. The van der Waals surface area contributed by atoms with Gasteiger partial charge in [-0.25, -0.2) is 4.98 Å². The maximum absolute atomic E-state index is 5.90. The molecule has 2 saturated heterocycles. The van der Waals surface area contributed by atoms with E-state index in [9.17, 15) is 0 Å². The molecule has 0 spiro atoms. The lowest BCUT2D eigenvalue weighted by Crippen LogP contribution is -2.41. The van der Waals surface area contributed by atoms with Gasteiger partial charge >= 0.3 is 0 Å². The number of pyridine rings is 1. The zero-order valence-electron chi connectivity index (χ0n) is 8.79. The van der Waals surface area contributed by atoms with E-state index >= 15 is 0 Å². The van der Waals surface area contributed by atoms with E-state index in [2.05, 4.69) is 37.2 Å². The van der Waals surface area contributed by atoms with Gasteiger partial charge in [-0.05, 0) is 34.3 Å². The van der Waals surface area contributed by atoms with Gasteiger partial charge in [0, 0.05) is 25.7 Å². The zero-order valence-corrected chi connectivity index (χ0v) is 11.1. The summed E-state index contributed by atoms with van der Waals surface area (Å²) in [5, 5.41) is 4.07. The first-order valence-corrected chi connectivity index (χ1v) is 6.69. The minimum Gasteiger partial charge on any atom is -0.368 e. The fourth-order valence-corrected chi connectivity index (χ4v) is 3.07. The highest BCUT2D eigenvalue weighted by Crippen LogP contribution is 2.30. The van der Waals surface area contributed by atoms with Crippen molar-refractivity contribution in [3.05, 3.63) is 21.9 Å². The molecule has 5 heteroatoms. The molecule has 2 atom stereocenters. The van der Waals surface area contributed by atoms with Gasteiger partial charge in [0.2, 0.25) is 0 Å². The lowest BCUT2D eigenvalue weighted by Gasteiger charge is -2.32. The van der Waals surface area contributed by atoms with E-state index in [4.69, 9.17) is 11.6 Å². The summed E-state index contributed by atoms with van der Waals surface area (Å²) in [6, 6.07) is 2.70. The molecule has 3 nitrogen and oxygen atoms in total. The molecule has 2 fully saturated rings. The third-order valence-corrected chi connectivity index (χ3v) is 4.51. The van der Waals surface area contributed by atoms with Gasteiger partial charge in [0.1, 0.15) is 5.15 Å². The van der Waals surface area contributed by atoms with E-state index in [-0.39, 0.29) is 0 Å². The highest BCUT2D eigenvalue weighted by atomic mass is 79.9. The van der Waals surface area contributed by atoms with Crippen LogP contribution in [0.1, 0.15) is 6.42 Å². The van der Waals surface area contributed by atoms with E-state index in [0.717, 1.165) is 35.7 Å². The van der Waals surface area contributed by atoms with Gasteiger partial charge in [0.05, 0.1) is 16.4 Å². The lowest BCUT2D eigenvalue weighted by atomic mass is 10.00. The molecule has 1 aromatic heterocycles. The molecule has 16 heavy (non-hydrogen) atoms. The second-order valence-corrected chi connectivity index (χ2v) is 5.79. The minimum atomic E-state index is 0.529. The van der Waals surface area contributed by atoms with Crippen LogP contribution >= 0.6 is 27.5 Å². The molecule has 0 unspecified atom stereocenters. The highest BCUT2D eigenvalue weighted by Gasteiger charge is 2.32. The molecule has 1 N–H and O–H groups in total. The van der Waals surface area contributed by atoms with Crippen LogP contribution in [0.2, 0.25) is 5.15 Å². The molecule has 3 rings (SSSR count).